The van der Waals surface area contributed by atoms with E-state index in [-0.39, 0.29) is 5.38 Å². The van der Waals surface area contributed by atoms with E-state index in [4.69, 9.17) is 39.2 Å². The van der Waals surface area contributed by atoms with Crippen LogP contribution in [0.2, 0.25) is 10.0 Å². The smallest absolute Gasteiger partial charge is 0.214 e. The van der Waals surface area contributed by atoms with Crippen LogP contribution in [0, 0.1) is 6.92 Å². The van der Waals surface area contributed by atoms with Crippen LogP contribution in [-0.4, -0.2) is 14.5 Å². The molecule has 110 valence electrons. The molecule has 7 heteroatoms. The summed E-state index contributed by atoms with van der Waals surface area (Å²) in [7, 11) is 0. The molecule has 4 nitrogen and oxygen atoms in total. The van der Waals surface area contributed by atoms with Gasteiger partial charge in [0.2, 0.25) is 5.89 Å². The lowest BCUT2D eigenvalue weighted by atomic mass is 10.3. The number of hydrogen-bond donors (Lipinski definition) is 0. The second-order valence-electron chi connectivity index (χ2n) is 4.79. The van der Waals surface area contributed by atoms with Crippen LogP contribution in [0.25, 0.3) is 11.0 Å². The number of fused-ring (bicyclic) bond motifs is 1. The van der Waals surface area contributed by atoms with Gasteiger partial charge in [0.05, 0.1) is 32.7 Å². The Kier molecular flexibility index (Phi) is 3.86. The fraction of sp³-hybridized carbons (Fsp3) is 0.286. The summed E-state index contributed by atoms with van der Waals surface area (Å²) in [5.41, 5.74) is 1.60. The minimum atomic E-state index is -0.258. The zero-order valence-electron chi connectivity index (χ0n) is 11.4. The molecule has 0 amide bonds. The van der Waals surface area contributed by atoms with Crippen molar-refractivity contribution in [3.05, 3.63) is 45.9 Å². The second-order valence-corrected chi connectivity index (χ2v) is 6.26. The van der Waals surface area contributed by atoms with Crippen LogP contribution >= 0.6 is 34.8 Å². The number of rotatable bonds is 3. The van der Waals surface area contributed by atoms with Gasteiger partial charge in [0.1, 0.15) is 18.1 Å². The van der Waals surface area contributed by atoms with Crippen LogP contribution in [0.15, 0.2) is 22.7 Å². The van der Waals surface area contributed by atoms with Crippen LogP contribution < -0.4 is 0 Å². The highest BCUT2D eigenvalue weighted by molar-refractivity contribution is 6.42. The third-order valence-electron chi connectivity index (χ3n) is 3.14. The Hall–Kier alpha value is -1.23. The number of oxazole rings is 1. The van der Waals surface area contributed by atoms with Crippen molar-refractivity contribution in [2.45, 2.75) is 25.8 Å². The van der Waals surface area contributed by atoms with E-state index < -0.39 is 0 Å². The molecule has 2 heterocycles. The van der Waals surface area contributed by atoms with Crippen molar-refractivity contribution in [3.8, 4) is 0 Å². The Balaban J connectivity index is 2.17. The van der Waals surface area contributed by atoms with Crippen molar-refractivity contribution in [2.75, 3.05) is 0 Å². The van der Waals surface area contributed by atoms with E-state index in [9.17, 15) is 0 Å². The van der Waals surface area contributed by atoms with Crippen molar-refractivity contribution in [3.63, 3.8) is 0 Å². The number of alkyl halides is 1. The topological polar surface area (TPSA) is 43.9 Å². The van der Waals surface area contributed by atoms with E-state index in [1.54, 1.807) is 18.3 Å². The molecule has 0 aliphatic carbocycles. The van der Waals surface area contributed by atoms with Crippen LogP contribution in [0.4, 0.5) is 0 Å². The maximum Gasteiger partial charge on any atom is 0.214 e. The zero-order chi connectivity index (χ0) is 15.1. The van der Waals surface area contributed by atoms with Crippen LogP contribution in [0.1, 0.15) is 29.8 Å². The van der Waals surface area contributed by atoms with Crippen molar-refractivity contribution in [2.24, 2.45) is 0 Å². The normalized spacial score (nSPS) is 13.0. The Labute approximate surface area is 136 Å². The van der Waals surface area contributed by atoms with Gasteiger partial charge in [-0.1, -0.05) is 23.2 Å². The number of aryl methyl sites for hydroxylation is 1. The lowest BCUT2D eigenvalue weighted by Crippen LogP contribution is -2.06. The van der Waals surface area contributed by atoms with E-state index >= 15 is 0 Å². The van der Waals surface area contributed by atoms with Crippen LogP contribution in [0.5, 0.6) is 0 Å². The Morgan fingerprint density at radius 1 is 1.29 bits per heavy atom. The van der Waals surface area contributed by atoms with Gasteiger partial charge in [0, 0.05) is 0 Å². The standard InChI is InChI=1S/C14H12Cl3N3O/c1-7-5-18-13(21-7)6-20-12-4-10(17)9(16)3-11(12)19-14(20)8(2)15/h3-5,8H,6H2,1-2H3. The number of halogens is 3. The molecule has 1 atom stereocenters. The number of benzene rings is 1. The van der Waals surface area contributed by atoms with Gasteiger partial charge in [0.15, 0.2) is 0 Å². The molecule has 2 aromatic heterocycles. The summed E-state index contributed by atoms with van der Waals surface area (Å²) in [5.74, 6) is 2.08. The van der Waals surface area contributed by atoms with Gasteiger partial charge in [0.25, 0.3) is 0 Å². The zero-order valence-corrected chi connectivity index (χ0v) is 13.7. The number of aromatic nitrogens is 3. The molecule has 0 saturated carbocycles. The van der Waals surface area contributed by atoms with Gasteiger partial charge in [-0.3, -0.25) is 0 Å². The van der Waals surface area contributed by atoms with Crippen molar-refractivity contribution < 1.29 is 4.42 Å². The summed E-state index contributed by atoms with van der Waals surface area (Å²) in [5, 5.41) is 0.684. The monoisotopic (exact) mass is 343 g/mol. The number of hydrogen-bond acceptors (Lipinski definition) is 3. The Morgan fingerprint density at radius 3 is 2.62 bits per heavy atom. The fourth-order valence-electron chi connectivity index (χ4n) is 2.22. The number of nitrogens with zero attached hydrogens (tertiary/aromatic N) is 3. The first-order chi connectivity index (χ1) is 9.95. The first-order valence-electron chi connectivity index (χ1n) is 6.36. The van der Waals surface area contributed by atoms with Gasteiger partial charge >= 0.3 is 0 Å². The van der Waals surface area contributed by atoms with Crippen molar-refractivity contribution >= 4 is 45.8 Å². The molecule has 3 rings (SSSR count). The third-order valence-corrected chi connectivity index (χ3v) is 4.06. The molecule has 1 unspecified atom stereocenters. The molecule has 0 aliphatic heterocycles. The maximum atomic E-state index is 6.23. The largest absolute Gasteiger partial charge is 0.444 e. The molecule has 0 radical (unpaired) electrons. The van der Waals surface area contributed by atoms with Gasteiger partial charge in [-0.15, -0.1) is 11.6 Å². The Bertz CT molecular complexity index is 807. The van der Waals surface area contributed by atoms with E-state index in [1.807, 2.05) is 18.4 Å². The SMILES string of the molecule is Cc1cnc(Cn2c(C(C)Cl)nc3cc(Cl)c(Cl)cc32)o1. The van der Waals surface area contributed by atoms with Crippen molar-refractivity contribution in [1.82, 2.24) is 14.5 Å². The van der Waals surface area contributed by atoms with E-state index in [0.29, 0.717) is 22.5 Å². The number of imidazole rings is 1. The van der Waals surface area contributed by atoms with E-state index in [2.05, 4.69) is 9.97 Å². The molecular weight excluding hydrogens is 333 g/mol. The van der Waals surface area contributed by atoms with Gasteiger partial charge < -0.3 is 8.98 Å². The molecule has 1 aromatic carbocycles. The van der Waals surface area contributed by atoms with Gasteiger partial charge in [-0.2, -0.15) is 0 Å². The third kappa shape index (κ3) is 2.76. The highest BCUT2D eigenvalue weighted by Gasteiger charge is 2.18. The maximum absolute atomic E-state index is 6.23. The quantitative estimate of drug-likeness (QED) is 0.629. The predicted octanol–water partition coefficient (Wildman–Crippen LogP) is 4.99. The Morgan fingerprint density at radius 2 is 2.00 bits per heavy atom. The summed E-state index contributed by atoms with van der Waals surface area (Å²) >= 11 is 18.4. The summed E-state index contributed by atoms with van der Waals surface area (Å²) in [6, 6.07) is 3.52. The average molecular weight is 345 g/mol. The summed E-state index contributed by atoms with van der Waals surface area (Å²) in [6.45, 7) is 4.15. The molecule has 0 aliphatic rings. The first-order valence-corrected chi connectivity index (χ1v) is 7.55. The molecular formula is C14H12Cl3N3O. The highest BCUT2D eigenvalue weighted by atomic mass is 35.5. The van der Waals surface area contributed by atoms with Crippen molar-refractivity contribution in [1.29, 1.82) is 0 Å². The first kappa shape index (κ1) is 14.7. The van der Waals surface area contributed by atoms with Crippen LogP contribution in [0.3, 0.4) is 0 Å². The molecule has 3 aromatic rings. The fourth-order valence-corrected chi connectivity index (χ4v) is 2.70. The lowest BCUT2D eigenvalue weighted by Gasteiger charge is -2.08. The van der Waals surface area contributed by atoms with Gasteiger partial charge in [-0.05, 0) is 26.0 Å². The van der Waals surface area contributed by atoms with Crippen LogP contribution in [-0.2, 0) is 6.54 Å². The molecule has 0 bridgehead atoms. The van der Waals surface area contributed by atoms with Gasteiger partial charge in [-0.25, -0.2) is 9.97 Å². The second kappa shape index (κ2) is 5.52. The average Bonchev–Trinajstić information content (AvgIpc) is 2.96. The molecule has 0 fully saturated rings. The minimum absolute atomic E-state index is 0.258. The van der Waals surface area contributed by atoms with E-state index in [0.717, 1.165) is 22.6 Å². The van der Waals surface area contributed by atoms with E-state index in [1.165, 1.54) is 0 Å². The predicted molar refractivity (Wildman–Crippen MR) is 84.4 cm³/mol. The summed E-state index contributed by atoms with van der Waals surface area (Å²) in [6.07, 6.45) is 1.68. The molecule has 0 N–H and O–H groups in total. The molecule has 21 heavy (non-hydrogen) atoms. The molecule has 0 saturated heterocycles. The summed E-state index contributed by atoms with van der Waals surface area (Å²) in [4.78, 5) is 8.76. The minimum Gasteiger partial charge on any atom is -0.444 e. The molecule has 0 spiro atoms. The summed E-state index contributed by atoms with van der Waals surface area (Å²) < 4.78 is 7.48. The lowest BCUT2D eigenvalue weighted by molar-refractivity contribution is 0.456. The highest BCUT2D eigenvalue weighted by Crippen LogP contribution is 2.31.